The molecule has 0 radical (unpaired) electrons. The van der Waals surface area contributed by atoms with Crippen LogP contribution in [0.5, 0.6) is 5.75 Å². The molecule has 2 aliphatic rings. The van der Waals surface area contributed by atoms with Gasteiger partial charge in [0.2, 0.25) is 5.90 Å². The second kappa shape index (κ2) is 12.6. The van der Waals surface area contributed by atoms with E-state index in [2.05, 4.69) is 31.9 Å². The van der Waals surface area contributed by atoms with Gasteiger partial charge in [-0.05, 0) is 48.0 Å². The number of carbonyl (C=O) groups is 1. The number of rotatable bonds is 9. The van der Waals surface area contributed by atoms with E-state index in [4.69, 9.17) is 24.3 Å². The minimum Gasteiger partial charge on any atom is -0.494 e. The summed E-state index contributed by atoms with van der Waals surface area (Å²) in [7, 11) is 0. The van der Waals surface area contributed by atoms with Gasteiger partial charge in [0.15, 0.2) is 11.6 Å². The predicted molar refractivity (Wildman–Crippen MR) is 156 cm³/mol. The highest BCUT2D eigenvalue weighted by Gasteiger charge is 2.55. The molecule has 0 saturated carbocycles. The fourth-order valence-corrected chi connectivity index (χ4v) is 5.64. The van der Waals surface area contributed by atoms with Crippen LogP contribution in [0.2, 0.25) is 0 Å². The lowest BCUT2D eigenvalue weighted by Gasteiger charge is -2.37. The van der Waals surface area contributed by atoms with Gasteiger partial charge in [-0.25, -0.2) is 4.99 Å². The maximum Gasteiger partial charge on any atom is 0.255 e. The Hall–Kier alpha value is -2.72. The average molecular weight is 658 g/mol. The molecule has 0 aromatic heterocycles. The smallest absolute Gasteiger partial charge is 0.255 e. The van der Waals surface area contributed by atoms with Crippen LogP contribution >= 0.6 is 31.9 Å². The Bertz CT molecular complexity index is 1310. The third-order valence-corrected chi connectivity index (χ3v) is 8.13. The van der Waals surface area contributed by atoms with Crippen molar-refractivity contribution in [2.45, 2.75) is 24.5 Å². The third kappa shape index (κ3) is 6.22. The number of ether oxygens (including phenoxy) is 3. The van der Waals surface area contributed by atoms with Crippen molar-refractivity contribution in [3.63, 3.8) is 0 Å². The van der Waals surface area contributed by atoms with E-state index in [0.717, 1.165) is 25.6 Å². The lowest BCUT2D eigenvalue weighted by molar-refractivity contribution is -0.143. The largest absolute Gasteiger partial charge is 0.494 e. The number of halogens is 2. The Morgan fingerprint density at radius 1 is 1.03 bits per heavy atom. The van der Waals surface area contributed by atoms with Gasteiger partial charge in [0.1, 0.15) is 5.75 Å². The summed E-state index contributed by atoms with van der Waals surface area (Å²) in [5.41, 5.74) is 1.38. The molecule has 3 aromatic rings. The summed E-state index contributed by atoms with van der Waals surface area (Å²) in [6.45, 7) is 2.52. The summed E-state index contributed by atoms with van der Waals surface area (Å²) in [6, 6.07) is 23.3. The molecule has 2 heterocycles. The summed E-state index contributed by atoms with van der Waals surface area (Å²) in [5.74, 6) is 1.03. The van der Waals surface area contributed by atoms with Gasteiger partial charge in [0.05, 0.1) is 19.8 Å². The highest BCUT2D eigenvalue weighted by Crippen LogP contribution is 2.45. The SMILES string of the molecule is O=C(N1CCOCC1)[C@]1(Cc2ccc(Br)cc2)N=C(c2ccc(OCCCO)cc2)O[C@@H]1c1ccccc1Br. The lowest BCUT2D eigenvalue weighted by Crippen LogP contribution is -2.54. The number of benzene rings is 3. The monoisotopic (exact) mass is 656 g/mol. The van der Waals surface area contributed by atoms with Gasteiger partial charge < -0.3 is 24.2 Å². The quantitative estimate of drug-likeness (QED) is 0.315. The summed E-state index contributed by atoms with van der Waals surface area (Å²) < 4.78 is 19.7. The first-order chi connectivity index (χ1) is 19.0. The van der Waals surface area contributed by atoms with Crippen LogP contribution in [0.1, 0.15) is 29.2 Å². The van der Waals surface area contributed by atoms with Crippen LogP contribution < -0.4 is 4.74 Å². The Morgan fingerprint density at radius 3 is 2.44 bits per heavy atom. The number of carbonyl (C=O) groups excluding carboxylic acids is 1. The number of aliphatic hydroxyl groups is 1. The van der Waals surface area contributed by atoms with Gasteiger partial charge in [-0.2, -0.15) is 0 Å². The Morgan fingerprint density at radius 2 is 1.74 bits per heavy atom. The van der Waals surface area contributed by atoms with E-state index in [1.165, 1.54) is 0 Å². The number of aliphatic imine (C=N–C) groups is 1. The number of amides is 1. The van der Waals surface area contributed by atoms with Gasteiger partial charge in [-0.15, -0.1) is 0 Å². The molecular weight excluding hydrogens is 628 g/mol. The number of aliphatic hydroxyl groups excluding tert-OH is 1. The second-order valence-electron chi connectivity index (χ2n) is 9.52. The molecule has 1 N–H and O–H groups in total. The van der Waals surface area contributed by atoms with Gasteiger partial charge in [0, 0.05) is 52.6 Å². The minimum atomic E-state index is -1.22. The van der Waals surface area contributed by atoms with E-state index in [0.29, 0.717) is 57.4 Å². The number of morpholine rings is 1. The van der Waals surface area contributed by atoms with E-state index < -0.39 is 11.6 Å². The van der Waals surface area contributed by atoms with Crippen LogP contribution in [0.4, 0.5) is 0 Å². The minimum absolute atomic E-state index is 0.0755. The molecule has 1 amide bonds. The first-order valence-electron chi connectivity index (χ1n) is 13.0. The topological polar surface area (TPSA) is 80.6 Å². The van der Waals surface area contributed by atoms with Crippen molar-refractivity contribution in [3.8, 4) is 5.75 Å². The van der Waals surface area contributed by atoms with Crippen molar-refractivity contribution >= 4 is 43.7 Å². The molecule has 0 aliphatic carbocycles. The highest BCUT2D eigenvalue weighted by atomic mass is 79.9. The van der Waals surface area contributed by atoms with Gasteiger partial charge in [0.25, 0.3) is 5.91 Å². The molecule has 9 heteroatoms. The van der Waals surface area contributed by atoms with E-state index in [1.54, 1.807) is 0 Å². The Kier molecular flexibility index (Phi) is 9.02. The molecule has 0 spiro atoms. The van der Waals surface area contributed by atoms with Crippen LogP contribution in [0.15, 0.2) is 86.7 Å². The zero-order valence-corrected chi connectivity index (χ0v) is 24.6. The molecule has 0 bridgehead atoms. The number of hydrogen-bond acceptors (Lipinski definition) is 6. The molecule has 1 fully saturated rings. The van der Waals surface area contributed by atoms with Crippen LogP contribution in [0.3, 0.4) is 0 Å². The molecule has 39 heavy (non-hydrogen) atoms. The fourth-order valence-electron chi connectivity index (χ4n) is 4.89. The molecule has 2 aliphatic heterocycles. The van der Waals surface area contributed by atoms with Crippen molar-refractivity contribution in [2.75, 3.05) is 39.5 Å². The Labute approximate surface area is 245 Å². The van der Waals surface area contributed by atoms with E-state index in [-0.39, 0.29) is 12.5 Å². The molecule has 7 nitrogen and oxygen atoms in total. The van der Waals surface area contributed by atoms with Gasteiger partial charge in [-0.1, -0.05) is 62.2 Å². The standard InChI is InChI=1S/C30H30Br2N2O5/c31-23-10-6-21(7-11-23)20-30(29(36)34-14-18-37-19-15-34)27(25-4-1-2-5-26(25)32)39-28(33-30)22-8-12-24(13-9-22)38-17-3-16-35/h1-2,4-13,27,35H,3,14-20H2/t27-,30-/m1/s1. The molecule has 5 rings (SSSR count). The van der Waals surface area contributed by atoms with Crippen LogP contribution in [-0.2, 0) is 20.7 Å². The van der Waals surface area contributed by atoms with Crippen LogP contribution in [0, 0.1) is 0 Å². The van der Waals surface area contributed by atoms with Crippen molar-refractivity contribution in [1.29, 1.82) is 0 Å². The Balaban J connectivity index is 1.59. The van der Waals surface area contributed by atoms with E-state index in [1.807, 2.05) is 77.7 Å². The zero-order valence-electron chi connectivity index (χ0n) is 21.4. The van der Waals surface area contributed by atoms with Gasteiger partial charge in [-0.3, -0.25) is 4.79 Å². The first-order valence-corrected chi connectivity index (χ1v) is 14.6. The van der Waals surface area contributed by atoms with Crippen molar-refractivity contribution < 1.29 is 24.1 Å². The van der Waals surface area contributed by atoms with Gasteiger partial charge >= 0.3 is 0 Å². The van der Waals surface area contributed by atoms with Crippen LogP contribution in [0.25, 0.3) is 0 Å². The van der Waals surface area contributed by atoms with Crippen molar-refractivity contribution in [2.24, 2.45) is 4.99 Å². The number of hydrogen-bond donors (Lipinski definition) is 1. The van der Waals surface area contributed by atoms with Crippen molar-refractivity contribution in [1.82, 2.24) is 4.90 Å². The average Bonchev–Trinajstić information content (AvgIpc) is 3.35. The van der Waals surface area contributed by atoms with Crippen molar-refractivity contribution in [3.05, 3.63) is 98.4 Å². The molecule has 204 valence electrons. The predicted octanol–water partition coefficient (Wildman–Crippen LogP) is 5.33. The normalized spacial score (nSPS) is 20.8. The zero-order chi connectivity index (χ0) is 27.2. The summed E-state index contributed by atoms with van der Waals surface area (Å²) in [6.07, 6.45) is 0.282. The van der Waals surface area contributed by atoms with Crippen LogP contribution in [-0.4, -0.2) is 66.9 Å². The van der Waals surface area contributed by atoms with E-state index in [9.17, 15) is 4.79 Å². The molecular formula is C30H30Br2N2O5. The second-order valence-corrected chi connectivity index (χ2v) is 11.3. The highest BCUT2D eigenvalue weighted by molar-refractivity contribution is 9.10. The maximum absolute atomic E-state index is 14.5. The summed E-state index contributed by atoms with van der Waals surface area (Å²) >= 11 is 7.21. The molecule has 1 saturated heterocycles. The third-order valence-electron chi connectivity index (χ3n) is 6.88. The molecule has 0 unspecified atom stereocenters. The first kappa shape index (κ1) is 27.8. The molecule has 3 aromatic carbocycles. The fraction of sp³-hybridized carbons (Fsp3) is 0.333. The molecule has 2 atom stereocenters. The summed E-state index contributed by atoms with van der Waals surface area (Å²) in [5, 5.41) is 9.02. The number of nitrogens with zero attached hydrogens (tertiary/aromatic N) is 2. The lowest BCUT2D eigenvalue weighted by atomic mass is 9.81. The summed E-state index contributed by atoms with van der Waals surface area (Å²) in [4.78, 5) is 21.5. The van der Waals surface area contributed by atoms with E-state index >= 15 is 0 Å². The maximum atomic E-state index is 14.5.